The van der Waals surface area contributed by atoms with Gasteiger partial charge in [0, 0.05) is 10.9 Å². The van der Waals surface area contributed by atoms with Crippen molar-refractivity contribution in [2.75, 3.05) is 11.6 Å². The zero-order valence-corrected chi connectivity index (χ0v) is 9.61. The number of amides is 1. The van der Waals surface area contributed by atoms with Crippen molar-refractivity contribution in [2.45, 2.75) is 6.92 Å². The first kappa shape index (κ1) is 11.0. The Bertz CT molecular complexity index is 416. The third-order valence-corrected chi connectivity index (χ3v) is 2.73. The van der Waals surface area contributed by atoms with Crippen LogP contribution in [0.2, 0.25) is 5.02 Å². The van der Waals surface area contributed by atoms with Crippen LogP contribution < -0.4 is 10.3 Å². The summed E-state index contributed by atoms with van der Waals surface area (Å²) in [6.45, 7) is 2.78. The van der Waals surface area contributed by atoms with Crippen LogP contribution in [-0.2, 0) is 4.79 Å². The Balaban J connectivity index is 2.18. The molecule has 4 nitrogen and oxygen atoms in total. The minimum Gasteiger partial charge on any atom is -0.315 e. The highest BCUT2D eigenvalue weighted by Gasteiger charge is 2.23. The smallest absolute Gasteiger partial charge is 0.212 e. The highest BCUT2D eigenvalue weighted by Crippen LogP contribution is 2.23. The molecule has 1 aliphatic heterocycles. The third-order valence-electron chi connectivity index (χ3n) is 2.47. The van der Waals surface area contributed by atoms with Gasteiger partial charge in [0.15, 0.2) is 0 Å². The first-order chi connectivity index (χ1) is 7.70. The van der Waals surface area contributed by atoms with Gasteiger partial charge in [-0.1, -0.05) is 18.5 Å². The number of amidine groups is 1. The Morgan fingerprint density at radius 3 is 2.81 bits per heavy atom. The van der Waals surface area contributed by atoms with E-state index in [9.17, 15) is 4.79 Å². The van der Waals surface area contributed by atoms with Gasteiger partial charge in [0.25, 0.3) is 0 Å². The Hall–Kier alpha value is -1.55. The molecule has 0 bridgehead atoms. The first-order valence-corrected chi connectivity index (χ1v) is 5.40. The summed E-state index contributed by atoms with van der Waals surface area (Å²) >= 11 is 5.81. The summed E-state index contributed by atoms with van der Waals surface area (Å²) in [5, 5.41) is 9.48. The number of nitrogens with one attached hydrogen (secondary N) is 1. The highest BCUT2D eigenvalue weighted by atomic mass is 35.5. The summed E-state index contributed by atoms with van der Waals surface area (Å²) in [4.78, 5) is 10.4. The quantitative estimate of drug-likeness (QED) is 0.798. The van der Waals surface area contributed by atoms with E-state index in [1.54, 1.807) is 0 Å². The topological polar surface area (TPSA) is 44.7 Å². The van der Waals surface area contributed by atoms with Crippen LogP contribution in [0, 0.1) is 5.92 Å². The van der Waals surface area contributed by atoms with Crippen molar-refractivity contribution in [3.63, 3.8) is 0 Å². The van der Waals surface area contributed by atoms with Crippen LogP contribution in [0.5, 0.6) is 0 Å². The second-order valence-corrected chi connectivity index (χ2v) is 4.14. The second-order valence-electron chi connectivity index (χ2n) is 3.71. The molecule has 1 aromatic rings. The molecule has 1 amide bonds. The van der Waals surface area contributed by atoms with Gasteiger partial charge in [-0.05, 0) is 24.3 Å². The number of anilines is 1. The van der Waals surface area contributed by atoms with Crippen LogP contribution in [0.3, 0.4) is 0 Å². The average molecular weight is 238 g/mol. The predicted octanol–water partition coefficient (Wildman–Crippen LogP) is 1.86. The summed E-state index contributed by atoms with van der Waals surface area (Å²) in [6, 6.07) is 7.45. The monoisotopic (exact) mass is 237 g/mol. The number of hydrogen-bond donors (Lipinski definition) is 1. The fraction of sp³-hybridized carbons (Fsp3) is 0.273. The summed E-state index contributed by atoms with van der Waals surface area (Å²) in [5.41, 5.74) is 0.971. The molecule has 1 aliphatic rings. The summed E-state index contributed by atoms with van der Waals surface area (Å²) in [5.74, 6) is 0.922. The van der Waals surface area contributed by atoms with E-state index in [-0.39, 0.29) is 5.92 Å². The van der Waals surface area contributed by atoms with E-state index in [2.05, 4.69) is 10.4 Å². The maximum Gasteiger partial charge on any atom is 0.212 e. The molecular formula is C11H12ClN3O. The van der Waals surface area contributed by atoms with Gasteiger partial charge in [0.05, 0.1) is 12.2 Å². The number of carbonyl (C=O) groups excluding carboxylic acids is 1. The van der Waals surface area contributed by atoms with Crippen molar-refractivity contribution >= 4 is 29.5 Å². The number of rotatable bonds is 2. The molecule has 1 N–H and O–H groups in total. The molecule has 2 rings (SSSR count). The zero-order chi connectivity index (χ0) is 11.5. The molecule has 1 atom stereocenters. The Labute approximate surface area is 98.9 Å². The van der Waals surface area contributed by atoms with Crippen molar-refractivity contribution in [3.8, 4) is 0 Å². The Kier molecular flexibility index (Phi) is 3.10. The SMILES string of the molecule is CC1CN(c2ccc(Cl)cc2)N=C1NC=O. The molecule has 0 aliphatic carbocycles. The van der Waals surface area contributed by atoms with Crippen molar-refractivity contribution in [3.05, 3.63) is 29.3 Å². The van der Waals surface area contributed by atoms with Crippen LogP contribution in [0.1, 0.15) is 6.92 Å². The van der Waals surface area contributed by atoms with Crippen LogP contribution in [-0.4, -0.2) is 18.8 Å². The van der Waals surface area contributed by atoms with Gasteiger partial charge in [-0.2, -0.15) is 5.10 Å². The number of carbonyl (C=O) groups is 1. The van der Waals surface area contributed by atoms with Gasteiger partial charge in [-0.25, -0.2) is 0 Å². The highest BCUT2D eigenvalue weighted by molar-refractivity contribution is 6.30. The molecule has 0 spiro atoms. The molecule has 5 heteroatoms. The normalized spacial score (nSPS) is 19.5. The van der Waals surface area contributed by atoms with Crippen LogP contribution in [0.25, 0.3) is 0 Å². The molecule has 1 unspecified atom stereocenters. The van der Waals surface area contributed by atoms with Crippen LogP contribution >= 0.6 is 11.6 Å². The predicted molar refractivity (Wildman–Crippen MR) is 64.6 cm³/mol. The molecule has 1 heterocycles. The summed E-state index contributed by atoms with van der Waals surface area (Å²) < 4.78 is 0. The van der Waals surface area contributed by atoms with E-state index in [0.717, 1.165) is 12.2 Å². The number of benzene rings is 1. The van der Waals surface area contributed by atoms with Gasteiger partial charge in [-0.3, -0.25) is 9.80 Å². The molecule has 16 heavy (non-hydrogen) atoms. The van der Waals surface area contributed by atoms with Crippen LogP contribution in [0.4, 0.5) is 5.69 Å². The molecule has 0 saturated heterocycles. The van der Waals surface area contributed by atoms with Gasteiger partial charge in [0.1, 0.15) is 5.84 Å². The van der Waals surface area contributed by atoms with Crippen molar-refractivity contribution < 1.29 is 4.79 Å². The minimum atomic E-state index is 0.223. The molecule has 0 aromatic heterocycles. The molecule has 0 saturated carbocycles. The fourth-order valence-corrected chi connectivity index (χ4v) is 1.75. The van der Waals surface area contributed by atoms with Crippen molar-refractivity contribution in [1.29, 1.82) is 0 Å². The van der Waals surface area contributed by atoms with E-state index >= 15 is 0 Å². The largest absolute Gasteiger partial charge is 0.315 e. The zero-order valence-electron chi connectivity index (χ0n) is 8.85. The van der Waals surface area contributed by atoms with Gasteiger partial charge < -0.3 is 5.32 Å². The van der Waals surface area contributed by atoms with E-state index in [1.165, 1.54) is 0 Å². The van der Waals surface area contributed by atoms with Crippen molar-refractivity contribution in [1.82, 2.24) is 5.32 Å². The second kappa shape index (κ2) is 4.53. The lowest BCUT2D eigenvalue weighted by Gasteiger charge is -2.13. The number of halogens is 1. The standard InChI is InChI=1S/C11H12ClN3O/c1-8-6-15(14-11(8)13-7-16)10-4-2-9(12)3-5-10/h2-5,7-8H,6H2,1H3,(H,13,14,16). The first-order valence-electron chi connectivity index (χ1n) is 5.02. The lowest BCUT2D eigenvalue weighted by Crippen LogP contribution is -2.26. The minimum absolute atomic E-state index is 0.223. The molecular weight excluding hydrogens is 226 g/mol. The lowest BCUT2D eigenvalue weighted by molar-refractivity contribution is -0.108. The molecule has 0 radical (unpaired) electrons. The summed E-state index contributed by atoms with van der Waals surface area (Å²) in [7, 11) is 0. The summed E-state index contributed by atoms with van der Waals surface area (Å²) in [6.07, 6.45) is 0.653. The maximum atomic E-state index is 10.4. The van der Waals surface area contributed by atoms with Crippen molar-refractivity contribution in [2.24, 2.45) is 11.0 Å². The van der Waals surface area contributed by atoms with Gasteiger partial charge >= 0.3 is 0 Å². The fourth-order valence-electron chi connectivity index (χ4n) is 1.62. The Morgan fingerprint density at radius 1 is 1.50 bits per heavy atom. The number of nitrogens with zero attached hydrogens (tertiary/aromatic N) is 2. The van der Waals surface area contributed by atoms with E-state index < -0.39 is 0 Å². The molecule has 84 valence electrons. The molecule has 1 aromatic carbocycles. The van der Waals surface area contributed by atoms with E-state index in [4.69, 9.17) is 11.6 Å². The van der Waals surface area contributed by atoms with Gasteiger partial charge in [-0.15, -0.1) is 0 Å². The number of hydrazone groups is 1. The van der Waals surface area contributed by atoms with E-state index in [1.807, 2.05) is 36.2 Å². The van der Waals surface area contributed by atoms with Gasteiger partial charge in [0.2, 0.25) is 6.41 Å². The van der Waals surface area contributed by atoms with Crippen LogP contribution in [0.15, 0.2) is 29.4 Å². The molecule has 0 fully saturated rings. The van der Waals surface area contributed by atoms with E-state index in [0.29, 0.717) is 17.3 Å². The Morgan fingerprint density at radius 2 is 2.19 bits per heavy atom. The average Bonchev–Trinajstić information content (AvgIpc) is 2.62. The number of hydrogen-bond acceptors (Lipinski definition) is 3. The third kappa shape index (κ3) is 2.17. The lowest BCUT2D eigenvalue weighted by atomic mass is 10.1. The maximum absolute atomic E-state index is 10.4.